The summed E-state index contributed by atoms with van der Waals surface area (Å²) in [6.07, 6.45) is 3.88. The van der Waals surface area contributed by atoms with Gasteiger partial charge < -0.3 is 4.90 Å². The summed E-state index contributed by atoms with van der Waals surface area (Å²) in [6, 6.07) is 8.83. The van der Waals surface area contributed by atoms with Gasteiger partial charge in [-0.25, -0.2) is 0 Å². The lowest BCUT2D eigenvalue weighted by molar-refractivity contribution is 0.690. The van der Waals surface area contributed by atoms with E-state index in [0.29, 0.717) is 0 Å². The van der Waals surface area contributed by atoms with E-state index in [1.54, 1.807) is 0 Å². The Bertz CT molecular complexity index is 281. The molecule has 1 aromatic rings. The summed E-state index contributed by atoms with van der Waals surface area (Å²) < 4.78 is 0. The maximum atomic E-state index is 3.47. The van der Waals surface area contributed by atoms with Crippen LogP contribution in [0.15, 0.2) is 24.3 Å². The highest BCUT2D eigenvalue weighted by atomic mass is 79.9. The molecule has 0 aromatic heterocycles. The molecule has 0 aliphatic carbocycles. The highest BCUT2D eigenvalue weighted by molar-refractivity contribution is 9.09. The van der Waals surface area contributed by atoms with E-state index in [2.05, 4.69) is 58.9 Å². The van der Waals surface area contributed by atoms with Crippen LogP contribution in [0.5, 0.6) is 0 Å². The first kappa shape index (κ1) is 13.6. The molecule has 1 nitrogen and oxygen atoms in total. The van der Waals surface area contributed by atoms with Crippen LogP contribution in [-0.2, 0) is 0 Å². The first-order chi connectivity index (χ1) is 7.77. The SMILES string of the molecule is CCN(CCCCCBr)c1ccc(C)cc1. The second-order valence-corrected chi connectivity index (χ2v) is 4.96. The number of benzene rings is 1. The Morgan fingerprint density at radius 2 is 1.75 bits per heavy atom. The van der Waals surface area contributed by atoms with Crippen LogP contribution in [0, 0.1) is 6.92 Å². The van der Waals surface area contributed by atoms with E-state index in [9.17, 15) is 0 Å². The van der Waals surface area contributed by atoms with Crippen molar-refractivity contribution in [1.29, 1.82) is 0 Å². The fourth-order valence-corrected chi connectivity index (χ4v) is 2.20. The minimum Gasteiger partial charge on any atom is -0.372 e. The molecular weight excluding hydrogens is 262 g/mol. The van der Waals surface area contributed by atoms with Crippen LogP contribution < -0.4 is 4.90 Å². The van der Waals surface area contributed by atoms with Gasteiger partial charge in [-0.05, 0) is 38.8 Å². The topological polar surface area (TPSA) is 3.24 Å². The van der Waals surface area contributed by atoms with Gasteiger partial charge in [0.05, 0.1) is 0 Å². The van der Waals surface area contributed by atoms with Crippen molar-refractivity contribution in [2.24, 2.45) is 0 Å². The van der Waals surface area contributed by atoms with Crippen molar-refractivity contribution in [1.82, 2.24) is 0 Å². The molecule has 0 amide bonds. The second kappa shape index (κ2) is 7.72. The van der Waals surface area contributed by atoms with E-state index in [1.807, 2.05) is 0 Å². The number of halogens is 1. The van der Waals surface area contributed by atoms with E-state index < -0.39 is 0 Å². The molecule has 0 saturated carbocycles. The van der Waals surface area contributed by atoms with Gasteiger partial charge in [0.15, 0.2) is 0 Å². The Kier molecular flexibility index (Phi) is 6.55. The highest BCUT2D eigenvalue weighted by Crippen LogP contribution is 2.15. The lowest BCUT2D eigenvalue weighted by atomic mass is 10.2. The minimum atomic E-state index is 1.09. The van der Waals surface area contributed by atoms with Gasteiger partial charge in [-0.1, -0.05) is 40.0 Å². The number of anilines is 1. The molecule has 1 aromatic carbocycles. The molecule has 1 rings (SSSR count). The zero-order valence-corrected chi connectivity index (χ0v) is 12.0. The van der Waals surface area contributed by atoms with Crippen molar-refractivity contribution in [3.05, 3.63) is 29.8 Å². The zero-order chi connectivity index (χ0) is 11.8. The smallest absolute Gasteiger partial charge is 0.0366 e. The molecule has 0 heterocycles. The molecule has 90 valence electrons. The molecule has 0 aliphatic rings. The van der Waals surface area contributed by atoms with Crippen LogP contribution in [0.4, 0.5) is 5.69 Å². The Morgan fingerprint density at radius 3 is 2.31 bits per heavy atom. The number of hydrogen-bond acceptors (Lipinski definition) is 1. The van der Waals surface area contributed by atoms with Gasteiger partial charge in [-0.3, -0.25) is 0 Å². The third kappa shape index (κ3) is 4.56. The molecule has 0 radical (unpaired) electrons. The number of unbranched alkanes of at least 4 members (excludes halogenated alkanes) is 2. The fourth-order valence-electron chi connectivity index (χ4n) is 1.80. The monoisotopic (exact) mass is 283 g/mol. The summed E-state index contributed by atoms with van der Waals surface area (Å²) in [6.45, 7) is 6.63. The number of alkyl halides is 1. The zero-order valence-electron chi connectivity index (χ0n) is 10.4. The Hall–Kier alpha value is -0.500. The average Bonchev–Trinajstić information content (AvgIpc) is 2.31. The molecule has 2 heteroatoms. The van der Waals surface area contributed by atoms with Crippen molar-refractivity contribution >= 4 is 21.6 Å². The normalized spacial score (nSPS) is 10.4. The predicted molar refractivity (Wildman–Crippen MR) is 76.7 cm³/mol. The third-order valence-electron chi connectivity index (χ3n) is 2.84. The number of rotatable bonds is 7. The van der Waals surface area contributed by atoms with Crippen molar-refractivity contribution in [3.8, 4) is 0 Å². The second-order valence-electron chi connectivity index (χ2n) is 4.16. The first-order valence-corrected chi connectivity index (χ1v) is 7.27. The Morgan fingerprint density at radius 1 is 1.06 bits per heavy atom. The third-order valence-corrected chi connectivity index (χ3v) is 3.40. The van der Waals surface area contributed by atoms with Crippen LogP contribution >= 0.6 is 15.9 Å². The van der Waals surface area contributed by atoms with Crippen LogP contribution in [0.3, 0.4) is 0 Å². The van der Waals surface area contributed by atoms with Crippen LogP contribution in [0.1, 0.15) is 31.7 Å². The van der Waals surface area contributed by atoms with E-state index in [-0.39, 0.29) is 0 Å². The molecule has 0 bridgehead atoms. The quantitative estimate of drug-likeness (QED) is 0.530. The lowest BCUT2D eigenvalue weighted by Crippen LogP contribution is -2.23. The number of aryl methyl sites for hydroxylation is 1. The van der Waals surface area contributed by atoms with Gasteiger partial charge in [0.2, 0.25) is 0 Å². The van der Waals surface area contributed by atoms with Crippen molar-refractivity contribution < 1.29 is 0 Å². The first-order valence-electron chi connectivity index (χ1n) is 6.15. The van der Waals surface area contributed by atoms with Gasteiger partial charge in [0, 0.05) is 24.1 Å². The van der Waals surface area contributed by atoms with Gasteiger partial charge in [-0.2, -0.15) is 0 Å². The summed E-state index contributed by atoms with van der Waals surface area (Å²) in [5.41, 5.74) is 2.69. The number of nitrogens with zero attached hydrogens (tertiary/aromatic N) is 1. The predicted octanol–water partition coefficient (Wildman–Crippen LogP) is 4.39. The maximum absolute atomic E-state index is 3.47. The maximum Gasteiger partial charge on any atom is 0.0366 e. The molecule has 0 saturated heterocycles. The fraction of sp³-hybridized carbons (Fsp3) is 0.571. The van der Waals surface area contributed by atoms with Crippen molar-refractivity contribution in [3.63, 3.8) is 0 Å². The van der Waals surface area contributed by atoms with Gasteiger partial charge in [-0.15, -0.1) is 0 Å². The average molecular weight is 284 g/mol. The number of hydrogen-bond donors (Lipinski definition) is 0. The molecule has 0 N–H and O–H groups in total. The largest absolute Gasteiger partial charge is 0.372 e. The highest BCUT2D eigenvalue weighted by Gasteiger charge is 2.02. The molecule has 0 fully saturated rings. The van der Waals surface area contributed by atoms with Crippen molar-refractivity contribution in [2.45, 2.75) is 33.1 Å². The van der Waals surface area contributed by atoms with E-state index >= 15 is 0 Å². The molecule has 0 atom stereocenters. The summed E-state index contributed by atoms with van der Waals surface area (Å²) in [4.78, 5) is 2.45. The summed E-state index contributed by atoms with van der Waals surface area (Å²) in [7, 11) is 0. The summed E-state index contributed by atoms with van der Waals surface area (Å²) in [5, 5.41) is 1.13. The summed E-state index contributed by atoms with van der Waals surface area (Å²) in [5.74, 6) is 0. The molecule has 16 heavy (non-hydrogen) atoms. The van der Waals surface area contributed by atoms with Gasteiger partial charge in [0.1, 0.15) is 0 Å². The van der Waals surface area contributed by atoms with E-state index in [1.165, 1.54) is 37.1 Å². The molecule has 0 aliphatic heterocycles. The van der Waals surface area contributed by atoms with Crippen molar-refractivity contribution in [2.75, 3.05) is 23.3 Å². The summed E-state index contributed by atoms with van der Waals surface area (Å²) >= 11 is 3.47. The van der Waals surface area contributed by atoms with Gasteiger partial charge >= 0.3 is 0 Å². The molecule has 0 unspecified atom stereocenters. The Balaban J connectivity index is 2.44. The Labute approximate surface area is 108 Å². The minimum absolute atomic E-state index is 1.09. The van der Waals surface area contributed by atoms with Crippen LogP contribution in [0.25, 0.3) is 0 Å². The van der Waals surface area contributed by atoms with Crippen LogP contribution in [-0.4, -0.2) is 18.4 Å². The van der Waals surface area contributed by atoms with Gasteiger partial charge in [0.25, 0.3) is 0 Å². The van der Waals surface area contributed by atoms with E-state index in [4.69, 9.17) is 0 Å². The molecule has 0 spiro atoms. The lowest BCUT2D eigenvalue weighted by Gasteiger charge is -2.23. The molecular formula is C14H22BrN. The van der Waals surface area contributed by atoms with Crippen LogP contribution in [0.2, 0.25) is 0 Å². The standard InChI is InChI=1S/C14H22BrN/c1-3-16(12-6-4-5-11-15)14-9-7-13(2)8-10-14/h7-10H,3-6,11-12H2,1-2H3. The van der Waals surface area contributed by atoms with E-state index in [0.717, 1.165) is 11.9 Å².